The second-order valence-electron chi connectivity index (χ2n) is 5.22. The van der Waals surface area contributed by atoms with Crippen LogP contribution in [0.25, 0.3) is 22.5 Å². The number of rotatable bonds is 6. The standard InChI is InChI=1S/C20H18N3/c21-14-8-7-13-18-15-22-19(16-9-3-1-4-10-16)20(23-18)17-11-5-2-6-12-17/h1-7,9-12,14-15,21H,8,13H2. The predicted molar refractivity (Wildman–Crippen MR) is 94.3 cm³/mol. The van der Waals surface area contributed by atoms with Crippen molar-refractivity contribution in [1.82, 2.24) is 9.97 Å². The van der Waals surface area contributed by atoms with Crippen LogP contribution < -0.4 is 0 Å². The molecular weight excluding hydrogens is 282 g/mol. The highest BCUT2D eigenvalue weighted by molar-refractivity contribution is 5.77. The molecule has 0 aliphatic carbocycles. The molecule has 0 amide bonds. The topological polar surface area (TPSA) is 49.6 Å². The van der Waals surface area contributed by atoms with Gasteiger partial charge in [-0.2, -0.15) is 0 Å². The van der Waals surface area contributed by atoms with Gasteiger partial charge >= 0.3 is 0 Å². The lowest BCUT2D eigenvalue weighted by Crippen LogP contribution is -1.99. The number of unbranched alkanes of at least 4 members (excludes halogenated alkanes) is 1. The lowest BCUT2D eigenvalue weighted by molar-refractivity contribution is 0.995. The first-order valence-electron chi connectivity index (χ1n) is 7.66. The third-order valence-corrected chi connectivity index (χ3v) is 3.55. The molecule has 3 aromatic rings. The highest BCUT2D eigenvalue weighted by Crippen LogP contribution is 2.28. The smallest absolute Gasteiger partial charge is 0.0968 e. The molecule has 1 N–H and O–H groups in total. The first kappa shape index (κ1) is 15.1. The van der Waals surface area contributed by atoms with E-state index < -0.39 is 0 Å². The first-order chi connectivity index (χ1) is 11.4. The molecule has 0 saturated carbocycles. The largest absolute Gasteiger partial charge is 0.313 e. The Morgan fingerprint density at radius 1 is 0.826 bits per heavy atom. The van der Waals surface area contributed by atoms with Crippen molar-refractivity contribution in [2.75, 3.05) is 0 Å². The summed E-state index contributed by atoms with van der Waals surface area (Å²) in [5.74, 6) is 0. The van der Waals surface area contributed by atoms with Crippen molar-refractivity contribution in [3.05, 3.63) is 79.0 Å². The summed E-state index contributed by atoms with van der Waals surface area (Å²) in [6.45, 7) is 0. The molecule has 0 unspecified atom stereocenters. The molecule has 23 heavy (non-hydrogen) atoms. The molecule has 0 spiro atoms. The summed E-state index contributed by atoms with van der Waals surface area (Å²) in [4.78, 5) is 9.49. The number of benzene rings is 2. The molecule has 2 aromatic carbocycles. The van der Waals surface area contributed by atoms with Crippen molar-refractivity contribution in [2.45, 2.75) is 12.8 Å². The molecule has 1 heterocycles. The Balaban J connectivity index is 2.03. The van der Waals surface area contributed by atoms with Crippen molar-refractivity contribution in [2.24, 2.45) is 0 Å². The summed E-state index contributed by atoms with van der Waals surface area (Å²) in [6.07, 6.45) is 6.63. The molecule has 0 aliphatic heterocycles. The quantitative estimate of drug-likeness (QED) is 0.534. The number of hydrogen-bond acceptors (Lipinski definition) is 3. The van der Waals surface area contributed by atoms with E-state index in [2.05, 4.69) is 29.2 Å². The van der Waals surface area contributed by atoms with Crippen LogP contribution in [0, 0.1) is 11.8 Å². The van der Waals surface area contributed by atoms with Crippen molar-refractivity contribution in [3.63, 3.8) is 0 Å². The van der Waals surface area contributed by atoms with Crippen molar-refractivity contribution in [1.29, 1.82) is 5.41 Å². The minimum Gasteiger partial charge on any atom is -0.313 e. The SMILES string of the molecule is N=CC[CH]Cc1cnc(-c2ccccc2)c(-c2ccccc2)n1. The number of hydrogen-bond donors (Lipinski definition) is 1. The van der Waals surface area contributed by atoms with E-state index >= 15 is 0 Å². The average Bonchev–Trinajstić information content (AvgIpc) is 2.63. The van der Waals surface area contributed by atoms with Crippen LogP contribution in [0.15, 0.2) is 66.9 Å². The maximum Gasteiger partial charge on any atom is 0.0968 e. The highest BCUT2D eigenvalue weighted by atomic mass is 14.8. The molecule has 3 nitrogen and oxygen atoms in total. The van der Waals surface area contributed by atoms with E-state index in [1.54, 1.807) is 0 Å². The Kier molecular flexibility index (Phi) is 4.89. The Bertz CT molecular complexity index is 767. The molecule has 0 saturated heterocycles. The van der Waals surface area contributed by atoms with Gasteiger partial charge in [-0.1, -0.05) is 60.7 Å². The van der Waals surface area contributed by atoms with E-state index in [4.69, 9.17) is 10.4 Å². The van der Waals surface area contributed by atoms with E-state index in [1.165, 1.54) is 6.21 Å². The van der Waals surface area contributed by atoms with Gasteiger partial charge in [-0.05, 0) is 25.5 Å². The molecule has 0 fully saturated rings. The fourth-order valence-corrected chi connectivity index (χ4v) is 2.44. The number of nitrogens with one attached hydrogen (secondary N) is 1. The van der Waals surface area contributed by atoms with Gasteiger partial charge in [0.15, 0.2) is 0 Å². The van der Waals surface area contributed by atoms with E-state index in [1.807, 2.05) is 49.0 Å². The molecule has 0 bridgehead atoms. The third-order valence-electron chi connectivity index (χ3n) is 3.55. The van der Waals surface area contributed by atoms with Gasteiger partial charge in [0.25, 0.3) is 0 Å². The Morgan fingerprint density at radius 2 is 1.43 bits per heavy atom. The van der Waals surface area contributed by atoms with Crippen LogP contribution in [0.1, 0.15) is 12.1 Å². The third kappa shape index (κ3) is 3.69. The summed E-state index contributed by atoms with van der Waals surface area (Å²) >= 11 is 0. The Hall–Kier alpha value is -2.81. The number of aromatic nitrogens is 2. The van der Waals surface area contributed by atoms with Crippen LogP contribution in [-0.2, 0) is 6.42 Å². The second-order valence-corrected chi connectivity index (χ2v) is 5.22. The van der Waals surface area contributed by atoms with Gasteiger partial charge in [0.05, 0.1) is 17.1 Å². The van der Waals surface area contributed by atoms with Crippen molar-refractivity contribution >= 4 is 6.21 Å². The van der Waals surface area contributed by atoms with Crippen LogP contribution in [0.2, 0.25) is 0 Å². The average molecular weight is 300 g/mol. The van der Waals surface area contributed by atoms with Gasteiger partial charge in [0, 0.05) is 17.3 Å². The maximum absolute atomic E-state index is 7.10. The monoisotopic (exact) mass is 300 g/mol. The summed E-state index contributed by atoms with van der Waals surface area (Å²) in [5, 5.41) is 7.10. The van der Waals surface area contributed by atoms with Crippen LogP contribution in [-0.4, -0.2) is 16.2 Å². The Labute approximate surface area is 136 Å². The Morgan fingerprint density at radius 3 is 2.04 bits per heavy atom. The molecule has 0 aliphatic rings. The van der Waals surface area contributed by atoms with Gasteiger partial charge in [0.1, 0.15) is 0 Å². The van der Waals surface area contributed by atoms with Crippen molar-refractivity contribution < 1.29 is 0 Å². The van der Waals surface area contributed by atoms with Crippen LogP contribution in [0.5, 0.6) is 0 Å². The van der Waals surface area contributed by atoms with E-state index in [-0.39, 0.29) is 0 Å². The van der Waals surface area contributed by atoms with Gasteiger partial charge in [-0.25, -0.2) is 4.98 Å². The molecule has 0 atom stereocenters. The minimum atomic E-state index is 0.656. The fourth-order valence-electron chi connectivity index (χ4n) is 2.44. The van der Waals surface area contributed by atoms with Gasteiger partial charge in [0.2, 0.25) is 0 Å². The zero-order valence-corrected chi connectivity index (χ0v) is 12.8. The van der Waals surface area contributed by atoms with E-state index in [9.17, 15) is 0 Å². The van der Waals surface area contributed by atoms with Gasteiger partial charge in [-0.3, -0.25) is 4.98 Å². The molecule has 3 rings (SSSR count). The lowest BCUT2D eigenvalue weighted by Gasteiger charge is -2.10. The van der Waals surface area contributed by atoms with Crippen LogP contribution in [0.3, 0.4) is 0 Å². The van der Waals surface area contributed by atoms with Crippen molar-refractivity contribution in [3.8, 4) is 22.5 Å². The van der Waals surface area contributed by atoms with Crippen LogP contribution in [0.4, 0.5) is 0 Å². The predicted octanol–water partition coefficient (Wildman–Crippen LogP) is 4.60. The first-order valence-corrected chi connectivity index (χ1v) is 7.66. The zero-order chi connectivity index (χ0) is 15.9. The summed E-state index contributed by atoms with van der Waals surface area (Å²) in [7, 11) is 0. The normalized spacial score (nSPS) is 10.4. The van der Waals surface area contributed by atoms with Gasteiger partial charge < -0.3 is 5.41 Å². The van der Waals surface area contributed by atoms with Crippen LogP contribution >= 0.6 is 0 Å². The minimum absolute atomic E-state index is 0.656. The lowest BCUT2D eigenvalue weighted by atomic mass is 10.0. The van der Waals surface area contributed by atoms with E-state index in [0.29, 0.717) is 6.42 Å². The molecule has 3 heteroatoms. The highest BCUT2D eigenvalue weighted by Gasteiger charge is 2.11. The molecule has 113 valence electrons. The second kappa shape index (κ2) is 7.45. The summed E-state index contributed by atoms with van der Waals surface area (Å²) in [5.41, 5.74) is 4.84. The fraction of sp³-hybridized carbons (Fsp3) is 0.100. The molecule has 1 aromatic heterocycles. The van der Waals surface area contributed by atoms with E-state index in [0.717, 1.165) is 34.6 Å². The maximum atomic E-state index is 7.10. The summed E-state index contributed by atoms with van der Waals surface area (Å²) in [6, 6.07) is 20.3. The number of nitrogens with zero attached hydrogens (tertiary/aromatic N) is 2. The summed E-state index contributed by atoms with van der Waals surface area (Å²) < 4.78 is 0. The molecular formula is C20H18N3. The molecule has 1 radical (unpaired) electrons. The zero-order valence-electron chi connectivity index (χ0n) is 12.8. The van der Waals surface area contributed by atoms with Gasteiger partial charge in [-0.15, -0.1) is 0 Å².